The maximum atomic E-state index is 5.19. The molecule has 0 aliphatic carbocycles. The summed E-state index contributed by atoms with van der Waals surface area (Å²) in [5, 5.41) is 4.53. The number of anilines is 6. The van der Waals surface area contributed by atoms with Gasteiger partial charge in [0.1, 0.15) is 0 Å². The fraction of sp³-hybridized carbons (Fsp3) is 0.0323. The lowest BCUT2D eigenvalue weighted by Gasteiger charge is -2.26. The Kier molecular flexibility index (Phi) is 9.88. The monoisotopic (exact) mass is 859 g/mol. The first-order valence-corrected chi connectivity index (χ1v) is 22.8. The number of pyridine rings is 2. The van der Waals surface area contributed by atoms with E-state index in [2.05, 4.69) is 253 Å². The molecular weight excluding hydrogens is 815 g/mol. The van der Waals surface area contributed by atoms with Gasteiger partial charge in [-0.2, -0.15) is 0 Å². The zero-order valence-corrected chi connectivity index (χ0v) is 37.3. The van der Waals surface area contributed by atoms with Gasteiger partial charge in [-0.25, -0.2) is 4.98 Å². The number of nitrogens with zero attached hydrogens (tertiary/aromatic N) is 5. The lowest BCUT2D eigenvalue weighted by Crippen LogP contribution is -2.09. The summed E-state index contributed by atoms with van der Waals surface area (Å²) in [4.78, 5) is 14.6. The molecule has 12 rings (SSSR count). The average molecular weight is 860 g/mol. The minimum atomic E-state index is 0.930. The second-order valence-corrected chi connectivity index (χ2v) is 17.1. The first kappa shape index (κ1) is 39.8. The van der Waals surface area contributed by atoms with Gasteiger partial charge in [0.05, 0.1) is 27.8 Å². The Labute approximate surface area is 390 Å². The summed E-state index contributed by atoms with van der Waals surface area (Å²) in [5.74, 6) is 0. The summed E-state index contributed by atoms with van der Waals surface area (Å²) < 4.78 is 2.41. The van der Waals surface area contributed by atoms with E-state index < -0.39 is 0 Å². The molecule has 0 radical (unpaired) electrons. The molecule has 0 unspecified atom stereocenters. The van der Waals surface area contributed by atoms with Crippen molar-refractivity contribution in [1.82, 2.24) is 14.5 Å². The standard InChI is InChI=1S/C62H45N5/c1-42-43(2)55(58-36-29-46-26-25-45-16-15-39-63-61(45)62(46)64-58)35-34-54(42)44-27-30-51(31-28-44)67-59-37-32-52(65(47-17-7-3-8-18-47)48-19-9-4-10-20-48)40-56(59)57-41-53(33-38-60(57)67)66(49-21-11-5-12-22-49)50-23-13-6-14-24-50/h3-41H,1-2H3. The summed E-state index contributed by atoms with van der Waals surface area (Å²) in [7, 11) is 0. The number of benzene rings is 9. The van der Waals surface area contributed by atoms with Crippen LogP contribution in [0, 0.1) is 13.8 Å². The number of aromatic nitrogens is 3. The van der Waals surface area contributed by atoms with E-state index in [0.29, 0.717) is 0 Å². The van der Waals surface area contributed by atoms with Crippen molar-refractivity contribution in [3.05, 3.63) is 248 Å². The molecule has 3 heterocycles. The highest BCUT2D eigenvalue weighted by Gasteiger charge is 2.21. The maximum absolute atomic E-state index is 5.19. The molecule has 0 aliphatic heterocycles. The number of rotatable bonds is 9. The highest BCUT2D eigenvalue weighted by Crippen LogP contribution is 2.43. The first-order valence-electron chi connectivity index (χ1n) is 22.8. The van der Waals surface area contributed by atoms with Crippen molar-refractivity contribution in [3.8, 4) is 28.1 Å². The maximum Gasteiger partial charge on any atom is 0.0972 e. The van der Waals surface area contributed by atoms with Gasteiger partial charge < -0.3 is 14.4 Å². The Bertz CT molecular complexity index is 3530. The van der Waals surface area contributed by atoms with Crippen molar-refractivity contribution in [3.63, 3.8) is 0 Å². The second-order valence-electron chi connectivity index (χ2n) is 17.1. The van der Waals surface area contributed by atoms with Crippen LogP contribution in [0.4, 0.5) is 34.1 Å². The van der Waals surface area contributed by atoms with Gasteiger partial charge in [0.25, 0.3) is 0 Å². The molecule has 0 spiro atoms. The van der Waals surface area contributed by atoms with Crippen LogP contribution in [0.15, 0.2) is 237 Å². The third kappa shape index (κ3) is 7.05. The third-order valence-corrected chi connectivity index (χ3v) is 13.2. The molecule has 0 N–H and O–H groups in total. The zero-order valence-electron chi connectivity index (χ0n) is 37.3. The number of hydrogen-bond donors (Lipinski definition) is 0. The molecule has 5 nitrogen and oxygen atoms in total. The Morgan fingerprint density at radius 2 is 0.836 bits per heavy atom. The van der Waals surface area contributed by atoms with E-state index >= 15 is 0 Å². The summed E-state index contributed by atoms with van der Waals surface area (Å²) in [6.45, 7) is 4.44. The molecule has 3 aromatic heterocycles. The second kappa shape index (κ2) is 16.6. The Morgan fingerprint density at radius 3 is 1.36 bits per heavy atom. The van der Waals surface area contributed by atoms with Gasteiger partial charge in [-0.05, 0) is 145 Å². The fourth-order valence-electron chi connectivity index (χ4n) is 9.83. The summed E-state index contributed by atoms with van der Waals surface area (Å²) in [5.41, 5.74) is 18.7. The zero-order chi connectivity index (χ0) is 44.8. The van der Waals surface area contributed by atoms with Crippen LogP contribution in [0.25, 0.3) is 71.7 Å². The van der Waals surface area contributed by atoms with Gasteiger partial charge in [-0.1, -0.05) is 121 Å². The molecule has 0 bridgehead atoms. The van der Waals surface area contributed by atoms with Crippen LogP contribution in [-0.4, -0.2) is 14.5 Å². The van der Waals surface area contributed by atoms with Crippen molar-refractivity contribution >= 4 is 77.7 Å². The van der Waals surface area contributed by atoms with E-state index in [1.54, 1.807) is 0 Å². The molecule has 0 aliphatic rings. The van der Waals surface area contributed by atoms with Crippen molar-refractivity contribution < 1.29 is 0 Å². The lowest BCUT2D eigenvalue weighted by atomic mass is 9.92. The Balaban J connectivity index is 0.984. The highest BCUT2D eigenvalue weighted by molar-refractivity contribution is 6.12. The van der Waals surface area contributed by atoms with Gasteiger partial charge in [0.15, 0.2) is 0 Å². The molecule has 12 aromatic rings. The highest BCUT2D eigenvalue weighted by atomic mass is 15.1. The molecule has 0 saturated carbocycles. The molecule has 0 amide bonds. The van der Waals surface area contributed by atoms with Crippen molar-refractivity contribution in [2.24, 2.45) is 0 Å². The van der Waals surface area contributed by atoms with Crippen LogP contribution < -0.4 is 9.80 Å². The van der Waals surface area contributed by atoms with Gasteiger partial charge in [-0.15, -0.1) is 0 Å². The van der Waals surface area contributed by atoms with Gasteiger partial charge >= 0.3 is 0 Å². The SMILES string of the molecule is Cc1c(-c2ccc(-n3c4ccc(N(c5ccccc5)c5ccccc5)cc4c4cc(N(c5ccccc5)c5ccccc5)ccc43)cc2)ccc(-c2ccc3ccc4cccnc4c3n2)c1C. The van der Waals surface area contributed by atoms with Crippen LogP contribution in [0.5, 0.6) is 0 Å². The predicted octanol–water partition coefficient (Wildman–Crippen LogP) is 16.8. The first-order chi connectivity index (χ1) is 33.1. The average Bonchev–Trinajstić information content (AvgIpc) is 3.71. The van der Waals surface area contributed by atoms with Crippen molar-refractivity contribution in [1.29, 1.82) is 0 Å². The third-order valence-electron chi connectivity index (χ3n) is 13.2. The van der Waals surface area contributed by atoms with Crippen LogP contribution in [0.1, 0.15) is 11.1 Å². The summed E-state index contributed by atoms with van der Waals surface area (Å²) in [6.07, 6.45) is 1.84. The smallest absolute Gasteiger partial charge is 0.0972 e. The molecule has 318 valence electrons. The van der Waals surface area contributed by atoms with E-state index in [4.69, 9.17) is 9.97 Å². The van der Waals surface area contributed by atoms with Crippen LogP contribution in [0.3, 0.4) is 0 Å². The molecular formula is C62H45N5. The predicted molar refractivity (Wildman–Crippen MR) is 281 cm³/mol. The Morgan fingerprint density at radius 1 is 0.373 bits per heavy atom. The molecule has 9 aromatic carbocycles. The molecule has 0 saturated heterocycles. The number of para-hydroxylation sites is 4. The van der Waals surface area contributed by atoms with E-state index in [1.807, 2.05) is 12.3 Å². The minimum absolute atomic E-state index is 0.930. The van der Waals surface area contributed by atoms with E-state index in [0.717, 1.165) is 83.9 Å². The normalized spacial score (nSPS) is 11.4. The van der Waals surface area contributed by atoms with E-state index in [9.17, 15) is 0 Å². The van der Waals surface area contributed by atoms with E-state index in [-0.39, 0.29) is 0 Å². The molecule has 0 fully saturated rings. The van der Waals surface area contributed by atoms with Gasteiger partial charge in [0.2, 0.25) is 0 Å². The molecule has 67 heavy (non-hydrogen) atoms. The van der Waals surface area contributed by atoms with Crippen molar-refractivity contribution in [2.45, 2.75) is 13.8 Å². The van der Waals surface area contributed by atoms with Crippen LogP contribution in [-0.2, 0) is 0 Å². The molecule has 0 atom stereocenters. The van der Waals surface area contributed by atoms with Gasteiger partial charge in [-0.3, -0.25) is 4.98 Å². The number of hydrogen-bond acceptors (Lipinski definition) is 4. The summed E-state index contributed by atoms with van der Waals surface area (Å²) >= 11 is 0. The van der Waals surface area contributed by atoms with Crippen LogP contribution >= 0.6 is 0 Å². The van der Waals surface area contributed by atoms with Gasteiger partial charge in [0, 0.05) is 73.1 Å². The summed E-state index contributed by atoms with van der Waals surface area (Å²) in [6, 6.07) is 82.5. The Hall–Kier alpha value is -8.80. The van der Waals surface area contributed by atoms with Crippen LogP contribution in [0.2, 0.25) is 0 Å². The fourth-order valence-corrected chi connectivity index (χ4v) is 9.83. The largest absolute Gasteiger partial charge is 0.310 e. The number of fused-ring (bicyclic) bond motifs is 6. The topological polar surface area (TPSA) is 37.2 Å². The minimum Gasteiger partial charge on any atom is -0.310 e. The molecule has 5 heteroatoms. The van der Waals surface area contributed by atoms with Crippen molar-refractivity contribution in [2.75, 3.05) is 9.80 Å². The quantitative estimate of drug-likeness (QED) is 0.136. The lowest BCUT2D eigenvalue weighted by molar-refractivity contribution is 1.18. The van der Waals surface area contributed by atoms with E-state index in [1.165, 1.54) is 33.0 Å².